The zero-order chi connectivity index (χ0) is 15.1. The Hall–Kier alpha value is -1.39. The molecule has 22 heavy (non-hydrogen) atoms. The maximum atomic E-state index is 13.0. The number of phenols is 1. The van der Waals surface area contributed by atoms with Crippen molar-refractivity contribution < 1.29 is 9.50 Å². The van der Waals surface area contributed by atoms with Crippen LogP contribution in [0.2, 0.25) is 0 Å². The van der Waals surface area contributed by atoms with Crippen molar-refractivity contribution in [1.82, 2.24) is 4.90 Å². The van der Waals surface area contributed by atoms with Crippen molar-refractivity contribution in [3.63, 3.8) is 0 Å². The van der Waals surface area contributed by atoms with E-state index in [4.69, 9.17) is 0 Å². The van der Waals surface area contributed by atoms with Crippen molar-refractivity contribution in [3.8, 4) is 5.75 Å². The Morgan fingerprint density at radius 1 is 0.955 bits per heavy atom. The molecule has 2 aromatic carbocycles. The fraction of sp³-hybridized carbons (Fsp3) is 0.333. The van der Waals surface area contributed by atoms with Crippen molar-refractivity contribution in [2.75, 3.05) is 19.6 Å². The topological polar surface area (TPSA) is 23.5 Å². The second-order valence-electron chi connectivity index (χ2n) is 5.21. The molecule has 0 atom stereocenters. The van der Waals surface area contributed by atoms with Gasteiger partial charge in [-0.3, -0.25) is 0 Å². The summed E-state index contributed by atoms with van der Waals surface area (Å²) in [6, 6.07) is 15.0. The highest BCUT2D eigenvalue weighted by molar-refractivity contribution is 8.93. The normalized spacial score (nSPS) is 10.5. The van der Waals surface area contributed by atoms with Gasteiger partial charge in [0.1, 0.15) is 0 Å². The molecule has 0 saturated carbocycles. The van der Waals surface area contributed by atoms with Crippen molar-refractivity contribution >= 4 is 17.0 Å². The third-order valence-corrected chi connectivity index (χ3v) is 3.73. The summed E-state index contributed by atoms with van der Waals surface area (Å²) in [5.41, 5.74) is 2.31. The van der Waals surface area contributed by atoms with Crippen LogP contribution in [0, 0.1) is 5.82 Å². The molecule has 0 radical (unpaired) electrons. The zero-order valence-electron chi connectivity index (χ0n) is 12.8. The first-order chi connectivity index (χ1) is 10.2. The molecule has 120 valence electrons. The highest BCUT2D eigenvalue weighted by Crippen LogP contribution is 2.17. The summed E-state index contributed by atoms with van der Waals surface area (Å²) >= 11 is 0. The summed E-state index contributed by atoms with van der Waals surface area (Å²) in [5, 5.41) is 9.39. The van der Waals surface area contributed by atoms with Crippen LogP contribution < -0.4 is 0 Å². The van der Waals surface area contributed by atoms with Crippen LogP contribution in [0.1, 0.15) is 18.1 Å². The van der Waals surface area contributed by atoms with E-state index in [-0.39, 0.29) is 22.7 Å². The fourth-order valence-corrected chi connectivity index (χ4v) is 2.36. The van der Waals surface area contributed by atoms with E-state index in [0.29, 0.717) is 0 Å². The Kier molecular flexibility index (Phi) is 8.13. The van der Waals surface area contributed by atoms with Crippen LogP contribution in [0.15, 0.2) is 48.5 Å². The van der Waals surface area contributed by atoms with E-state index >= 15 is 0 Å². The van der Waals surface area contributed by atoms with Crippen LogP contribution >= 0.6 is 17.0 Å². The quantitative estimate of drug-likeness (QED) is 0.791. The molecular weight excluding hydrogens is 345 g/mol. The van der Waals surface area contributed by atoms with Crippen LogP contribution in [0.3, 0.4) is 0 Å². The van der Waals surface area contributed by atoms with Crippen LogP contribution in [0.4, 0.5) is 4.39 Å². The minimum atomic E-state index is -0.560. The van der Waals surface area contributed by atoms with Gasteiger partial charge in [-0.2, -0.15) is 0 Å². The summed E-state index contributed by atoms with van der Waals surface area (Å²) in [4.78, 5) is 2.37. The number of aromatic hydroxyl groups is 1. The van der Waals surface area contributed by atoms with Crippen LogP contribution in [0.5, 0.6) is 5.75 Å². The molecule has 0 spiro atoms. The maximum absolute atomic E-state index is 13.0. The van der Waals surface area contributed by atoms with Crippen molar-refractivity contribution in [3.05, 3.63) is 65.5 Å². The first-order valence-corrected chi connectivity index (χ1v) is 7.42. The summed E-state index contributed by atoms with van der Waals surface area (Å²) in [6.07, 6.45) is 1.85. The number of nitrogens with zero attached hydrogens (tertiary/aromatic N) is 1. The van der Waals surface area contributed by atoms with Gasteiger partial charge < -0.3 is 10.0 Å². The molecule has 0 aliphatic rings. The van der Waals surface area contributed by atoms with Gasteiger partial charge >= 0.3 is 0 Å². The average Bonchev–Trinajstić information content (AvgIpc) is 2.52. The lowest BCUT2D eigenvalue weighted by atomic mass is 10.1. The van der Waals surface area contributed by atoms with E-state index in [1.807, 2.05) is 6.07 Å². The number of hydrogen-bond acceptors (Lipinski definition) is 2. The van der Waals surface area contributed by atoms with E-state index in [1.165, 1.54) is 17.7 Å². The largest absolute Gasteiger partial charge is 0.505 e. The van der Waals surface area contributed by atoms with Gasteiger partial charge in [-0.25, -0.2) is 4.39 Å². The van der Waals surface area contributed by atoms with E-state index in [2.05, 4.69) is 36.1 Å². The highest BCUT2D eigenvalue weighted by atomic mass is 79.9. The summed E-state index contributed by atoms with van der Waals surface area (Å²) in [6.45, 7) is 5.05. The Labute approximate surface area is 142 Å². The standard InChI is InChI=1S/C18H22FNO.BrH/c1-2-20(12-10-15-6-4-3-5-7-15)13-11-16-8-9-17(19)18(21)14-16;/h3-9,14,21H,2,10-13H2,1H3;1H. The first kappa shape index (κ1) is 18.7. The molecule has 0 saturated heterocycles. The number of rotatable bonds is 7. The van der Waals surface area contributed by atoms with Crippen molar-refractivity contribution in [1.29, 1.82) is 0 Å². The molecule has 0 aliphatic heterocycles. The van der Waals surface area contributed by atoms with Gasteiger partial charge in [-0.05, 0) is 42.6 Å². The smallest absolute Gasteiger partial charge is 0.164 e. The van der Waals surface area contributed by atoms with Gasteiger partial charge in [0.05, 0.1) is 0 Å². The van der Waals surface area contributed by atoms with Gasteiger partial charge in [0.2, 0.25) is 0 Å². The average molecular weight is 368 g/mol. The number of phenolic OH excluding ortho intramolecular Hbond substituents is 1. The van der Waals surface area contributed by atoms with Gasteiger partial charge in [-0.1, -0.05) is 43.3 Å². The van der Waals surface area contributed by atoms with E-state index < -0.39 is 5.82 Å². The lowest BCUT2D eigenvalue weighted by molar-refractivity contribution is 0.295. The second kappa shape index (κ2) is 9.59. The molecule has 0 unspecified atom stereocenters. The molecule has 2 aromatic rings. The van der Waals surface area contributed by atoms with Crippen LogP contribution in [-0.4, -0.2) is 29.6 Å². The monoisotopic (exact) mass is 367 g/mol. The Bertz CT molecular complexity index is 562. The summed E-state index contributed by atoms with van der Waals surface area (Å²) in [5.74, 6) is -0.824. The molecule has 0 heterocycles. The van der Waals surface area contributed by atoms with Crippen molar-refractivity contribution in [2.24, 2.45) is 0 Å². The highest BCUT2D eigenvalue weighted by Gasteiger charge is 2.06. The summed E-state index contributed by atoms with van der Waals surface area (Å²) in [7, 11) is 0. The third kappa shape index (κ3) is 5.78. The lowest BCUT2D eigenvalue weighted by Crippen LogP contribution is -2.28. The molecule has 0 fully saturated rings. The number of halogens is 2. The molecule has 1 N–H and O–H groups in total. The maximum Gasteiger partial charge on any atom is 0.164 e. The van der Waals surface area contributed by atoms with Gasteiger partial charge in [0, 0.05) is 13.1 Å². The molecule has 4 heteroatoms. The van der Waals surface area contributed by atoms with Gasteiger partial charge in [0.25, 0.3) is 0 Å². The summed E-state index contributed by atoms with van der Waals surface area (Å²) < 4.78 is 13.0. The van der Waals surface area contributed by atoms with Gasteiger partial charge in [-0.15, -0.1) is 17.0 Å². The number of likely N-dealkylation sites (N-methyl/N-ethyl adjacent to an activating group) is 1. The minimum absolute atomic E-state index is 0. The Morgan fingerprint density at radius 2 is 1.59 bits per heavy atom. The fourth-order valence-electron chi connectivity index (χ4n) is 2.36. The van der Waals surface area contributed by atoms with Crippen molar-refractivity contribution in [2.45, 2.75) is 19.8 Å². The van der Waals surface area contributed by atoms with E-state index in [9.17, 15) is 9.50 Å². The van der Waals surface area contributed by atoms with E-state index in [1.54, 1.807) is 6.07 Å². The molecule has 2 nitrogen and oxygen atoms in total. The first-order valence-electron chi connectivity index (χ1n) is 7.42. The second-order valence-corrected chi connectivity index (χ2v) is 5.21. The van der Waals surface area contributed by atoms with Gasteiger partial charge in [0.15, 0.2) is 11.6 Å². The Morgan fingerprint density at radius 3 is 2.18 bits per heavy atom. The molecule has 0 amide bonds. The molecule has 2 rings (SSSR count). The number of hydrogen-bond donors (Lipinski definition) is 1. The lowest BCUT2D eigenvalue weighted by Gasteiger charge is -2.20. The molecular formula is C18H23BrFNO. The predicted molar refractivity (Wildman–Crippen MR) is 94.4 cm³/mol. The minimum Gasteiger partial charge on any atom is -0.505 e. The zero-order valence-corrected chi connectivity index (χ0v) is 14.5. The van der Waals surface area contributed by atoms with E-state index in [0.717, 1.165) is 38.0 Å². The molecule has 0 aromatic heterocycles. The SMILES string of the molecule is Br.CCN(CCc1ccccc1)CCc1ccc(F)c(O)c1. The third-order valence-electron chi connectivity index (χ3n) is 3.73. The predicted octanol–water partition coefficient (Wildman–Crippen LogP) is 4.22. The molecule has 0 bridgehead atoms. The van der Waals surface area contributed by atoms with Crippen LogP contribution in [0.25, 0.3) is 0 Å². The number of benzene rings is 2. The Balaban J connectivity index is 0.00000242. The molecule has 0 aliphatic carbocycles. The van der Waals surface area contributed by atoms with Crippen LogP contribution in [-0.2, 0) is 12.8 Å².